The van der Waals surface area contributed by atoms with E-state index in [0.29, 0.717) is 37.4 Å². The second-order valence-electron chi connectivity index (χ2n) is 7.35. The fraction of sp³-hybridized carbons (Fsp3) is 0.286. The van der Waals surface area contributed by atoms with Crippen LogP contribution in [-0.4, -0.2) is 31.7 Å². The zero-order valence-electron chi connectivity index (χ0n) is 16.2. The average Bonchev–Trinajstić information content (AvgIpc) is 3.19. The Bertz CT molecular complexity index is 1210. The molecule has 4 rings (SSSR count). The molecule has 10 heteroatoms. The molecule has 0 radical (unpaired) electrons. The number of halogens is 4. The summed E-state index contributed by atoms with van der Waals surface area (Å²) in [6, 6.07) is 9.12. The van der Waals surface area contributed by atoms with Crippen LogP contribution in [0.1, 0.15) is 24.1 Å². The van der Waals surface area contributed by atoms with Gasteiger partial charge < -0.3 is 4.90 Å². The van der Waals surface area contributed by atoms with Gasteiger partial charge in [-0.25, -0.2) is 17.8 Å². The van der Waals surface area contributed by atoms with Crippen molar-refractivity contribution in [2.24, 2.45) is 0 Å². The third-order valence-corrected chi connectivity index (χ3v) is 9.48. The van der Waals surface area contributed by atoms with Gasteiger partial charge in [0.2, 0.25) is 0 Å². The van der Waals surface area contributed by atoms with Crippen molar-refractivity contribution in [3.63, 3.8) is 0 Å². The maximum Gasteiger partial charge on any atom is 0.185 e. The van der Waals surface area contributed by atoms with Crippen LogP contribution in [0.15, 0.2) is 46.7 Å². The summed E-state index contributed by atoms with van der Waals surface area (Å²) in [5.74, 6) is -0.443. The zero-order valence-corrected chi connectivity index (χ0v) is 20.1. The number of benzene rings is 2. The summed E-state index contributed by atoms with van der Waals surface area (Å²) in [5.41, 5.74) is 1.75. The second kappa shape index (κ2) is 9.24. The van der Waals surface area contributed by atoms with Gasteiger partial charge in [0.15, 0.2) is 15.0 Å². The molecule has 1 aliphatic rings. The van der Waals surface area contributed by atoms with Crippen LogP contribution in [0.4, 0.5) is 9.52 Å². The largest absolute Gasteiger partial charge is 0.348 e. The van der Waals surface area contributed by atoms with Gasteiger partial charge in [0.05, 0.1) is 25.9 Å². The molecule has 2 heterocycles. The van der Waals surface area contributed by atoms with Crippen LogP contribution in [0.3, 0.4) is 0 Å². The van der Waals surface area contributed by atoms with Gasteiger partial charge in [-0.05, 0) is 48.7 Å². The van der Waals surface area contributed by atoms with Crippen LogP contribution in [0.25, 0.3) is 0 Å². The number of rotatable bonds is 5. The summed E-state index contributed by atoms with van der Waals surface area (Å²) in [6.45, 7) is 1.18. The molecule has 1 saturated heterocycles. The van der Waals surface area contributed by atoms with E-state index in [1.807, 2.05) is 5.38 Å². The van der Waals surface area contributed by atoms with E-state index in [0.717, 1.165) is 16.4 Å². The van der Waals surface area contributed by atoms with Crippen LogP contribution >= 0.6 is 46.1 Å². The lowest BCUT2D eigenvalue weighted by atomic mass is 10.1. The Morgan fingerprint density at radius 3 is 2.48 bits per heavy atom. The van der Waals surface area contributed by atoms with Gasteiger partial charge in [0.25, 0.3) is 0 Å². The second-order valence-corrected chi connectivity index (χ2v) is 11.6. The molecule has 1 aliphatic heterocycles. The number of hydrogen-bond donors (Lipinski definition) is 0. The number of sulfone groups is 1. The van der Waals surface area contributed by atoms with Gasteiger partial charge in [-0.15, -0.1) is 11.3 Å². The van der Waals surface area contributed by atoms with Gasteiger partial charge in [-0.3, -0.25) is 0 Å². The molecule has 4 nitrogen and oxygen atoms in total. The number of anilines is 1. The third kappa shape index (κ3) is 5.01. The van der Waals surface area contributed by atoms with E-state index < -0.39 is 20.9 Å². The highest BCUT2D eigenvalue weighted by molar-refractivity contribution is 7.92. The topological polar surface area (TPSA) is 50.3 Å². The summed E-state index contributed by atoms with van der Waals surface area (Å²) >= 11 is 19.4. The molecular formula is C21H18Cl3FN2O2S2. The fourth-order valence-electron chi connectivity index (χ4n) is 3.62. The number of piperidine rings is 1. The molecule has 0 N–H and O–H groups in total. The van der Waals surface area contributed by atoms with E-state index in [9.17, 15) is 12.8 Å². The highest BCUT2D eigenvalue weighted by Gasteiger charge is 2.33. The van der Waals surface area contributed by atoms with E-state index >= 15 is 0 Å². The number of nitrogens with zero attached hydrogens (tertiary/aromatic N) is 2. The van der Waals surface area contributed by atoms with Crippen molar-refractivity contribution in [2.75, 3.05) is 18.0 Å². The zero-order chi connectivity index (χ0) is 22.2. The number of aromatic nitrogens is 1. The Hall–Kier alpha value is -1.38. The molecule has 3 aromatic rings. The average molecular weight is 520 g/mol. The van der Waals surface area contributed by atoms with E-state index in [-0.39, 0.29) is 14.9 Å². The SMILES string of the molecule is O=S(=O)(c1ccc(Cl)cc1Cl)C1CCN(c2nc(Cc3ccc(F)c(Cl)c3)cs2)CC1. The van der Waals surface area contributed by atoms with Crippen LogP contribution in [-0.2, 0) is 16.3 Å². The summed E-state index contributed by atoms with van der Waals surface area (Å²) in [4.78, 5) is 6.90. The standard InChI is InChI=1S/C21H18Cl3FN2O2S2/c22-14-2-4-20(18(24)11-14)31(28,29)16-5-7-27(8-6-16)21-26-15(12-30-21)9-13-1-3-19(25)17(23)10-13/h1-4,10-12,16H,5-9H2. The minimum absolute atomic E-state index is 0.0945. The molecular weight excluding hydrogens is 502 g/mol. The highest BCUT2D eigenvalue weighted by atomic mass is 35.5. The lowest BCUT2D eigenvalue weighted by molar-refractivity contribution is 0.529. The van der Waals surface area contributed by atoms with Crippen molar-refractivity contribution >= 4 is 61.1 Å². The first-order valence-corrected chi connectivity index (χ1v) is 13.1. The van der Waals surface area contributed by atoms with Crippen molar-refractivity contribution in [2.45, 2.75) is 29.4 Å². The lowest BCUT2D eigenvalue weighted by Gasteiger charge is -2.31. The molecule has 0 amide bonds. The smallest absolute Gasteiger partial charge is 0.185 e. The van der Waals surface area contributed by atoms with Crippen LogP contribution in [0.2, 0.25) is 15.1 Å². The minimum Gasteiger partial charge on any atom is -0.348 e. The molecule has 0 unspecified atom stereocenters. The van der Waals surface area contributed by atoms with Crippen molar-refractivity contribution in [3.05, 3.63) is 73.9 Å². The molecule has 1 fully saturated rings. The summed E-state index contributed by atoms with van der Waals surface area (Å²) in [6.07, 6.45) is 1.53. The predicted molar refractivity (Wildman–Crippen MR) is 125 cm³/mol. The van der Waals surface area contributed by atoms with E-state index in [4.69, 9.17) is 34.8 Å². The molecule has 0 saturated carbocycles. The molecule has 31 heavy (non-hydrogen) atoms. The van der Waals surface area contributed by atoms with Crippen molar-refractivity contribution in [1.29, 1.82) is 0 Å². The Morgan fingerprint density at radius 1 is 1.06 bits per heavy atom. The van der Waals surface area contributed by atoms with Crippen LogP contribution in [0.5, 0.6) is 0 Å². The Labute approximate surface area is 199 Å². The van der Waals surface area contributed by atoms with Gasteiger partial charge >= 0.3 is 0 Å². The maximum atomic E-state index is 13.3. The predicted octanol–water partition coefficient (Wildman–Crippen LogP) is 6.28. The molecule has 2 aromatic carbocycles. The molecule has 0 bridgehead atoms. The van der Waals surface area contributed by atoms with E-state index in [1.165, 1.54) is 29.5 Å². The molecule has 1 aromatic heterocycles. The van der Waals surface area contributed by atoms with E-state index in [1.54, 1.807) is 18.2 Å². The summed E-state index contributed by atoms with van der Waals surface area (Å²) in [5, 5.41) is 2.97. The van der Waals surface area contributed by atoms with Crippen molar-refractivity contribution in [3.8, 4) is 0 Å². The maximum absolute atomic E-state index is 13.3. The monoisotopic (exact) mass is 518 g/mol. The first-order chi connectivity index (χ1) is 14.7. The van der Waals surface area contributed by atoms with Gasteiger partial charge in [-0.2, -0.15) is 0 Å². The van der Waals surface area contributed by atoms with Crippen molar-refractivity contribution < 1.29 is 12.8 Å². The first kappa shape index (κ1) is 22.8. The van der Waals surface area contributed by atoms with Crippen molar-refractivity contribution in [1.82, 2.24) is 4.98 Å². The molecule has 0 spiro atoms. The molecule has 0 aliphatic carbocycles. The third-order valence-electron chi connectivity index (χ3n) is 5.26. The Morgan fingerprint density at radius 2 is 1.81 bits per heavy atom. The van der Waals surface area contributed by atoms with E-state index in [2.05, 4.69) is 9.88 Å². The van der Waals surface area contributed by atoms with Gasteiger partial charge in [-0.1, -0.05) is 40.9 Å². The van der Waals surface area contributed by atoms with Crippen LogP contribution < -0.4 is 4.90 Å². The van der Waals surface area contributed by atoms with Crippen LogP contribution in [0, 0.1) is 5.82 Å². The fourth-order valence-corrected chi connectivity index (χ4v) is 7.22. The minimum atomic E-state index is -3.54. The normalized spacial score (nSPS) is 15.4. The highest BCUT2D eigenvalue weighted by Crippen LogP contribution is 2.33. The summed E-state index contributed by atoms with van der Waals surface area (Å²) < 4.78 is 39.4. The lowest BCUT2D eigenvalue weighted by Crippen LogP contribution is -2.39. The number of thiazole rings is 1. The summed E-state index contributed by atoms with van der Waals surface area (Å²) in [7, 11) is -3.54. The first-order valence-electron chi connectivity index (χ1n) is 9.56. The quantitative estimate of drug-likeness (QED) is 0.398. The van der Waals surface area contributed by atoms with Gasteiger partial charge in [0, 0.05) is 29.9 Å². The Balaban J connectivity index is 1.41. The Kier molecular flexibility index (Phi) is 6.79. The molecule has 0 atom stereocenters. The molecule has 164 valence electrons. The van der Waals surface area contributed by atoms with Gasteiger partial charge in [0.1, 0.15) is 5.82 Å². The number of hydrogen-bond acceptors (Lipinski definition) is 5.